The van der Waals surface area contributed by atoms with Crippen LogP contribution in [-0.2, 0) is 14.3 Å². The van der Waals surface area contributed by atoms with Crippen LogP contribution in [0.25, 0.3) is 0 Å². The molecule has 4 unspecified atom stereocenters. The average Bonchev–Trinajstić information content (AvgIpc) is 2.55. The molecule has 0 aliphatic carbocycles. The number of carbonyl (C=O) groups is 2. The fraction of sp³-hybridized carbons (Fsp3) is 0.636. The summed E-state index contributed by atoms with van der Waals surface area (Å²) in [6.07, 6.45) is 6.33. The van der Waals surface area contributed by atoms with E-state index in [1.54, 1.807) is 19.1 Å². The number of hydrogen-bond donors (Lipinski definition) is 0. The van der Waals surface area contributed by atoms with Crippen molar-refractivity contribution in [1.29, 1.82) is 0 Å². The van der Waals surface area contributed by atoms with E-state index in [4.69, 9.17) is 4.74 Å². The van der Waals surface area contributed by atoms with Crippen LogP contribution in [0.2, 0.25) is 0 Å². The lowest BCUT2D eigenvalue weighted by molar-refractivity contribution is -0.150. The Hall–Kier alpha value is -1.82. The van der Waals surface area contributed by atoms with Crippen LogP contribution in [0.15, 0.2) is 35.3 Å². The summed E-state index contributed by atoms with van der Waals surface area (Å²) in [7, 11) is 0. The van der Waals surface area contributed by atoms with E-state index >= 15 is 0 Å². The molecule has 0 aromatic rings. The zero-order chi connectivity index (χ0) is 19.2. The Labute approximate surface area is 152 Å². The molecule has 0 bridgehead atoms. The molecule has 4 atom stereocenters. The lowest BCUT2D eigenvalue weighted by atomic mass is 9.76. The van der Waals surface area contributed by atoms with Gasteiger partial charge in [0.05, 0.1) is 5.92 Å². The van der Waals surface area contributed by atoms with Crippen LogP contribution in [-0.4, -0.2) is 17.9 Å². The summed E-state index contributed by atoms with van der Waals surface area (Å²) < 4.78 is 5.58. The second kappa shape index (κ2) is 9.04. The van der Waals surface area contributed by atoms with Gasteiger partial charge in [-0.05, 0) is 50.7 Å². The van der Waals surface area contributed by atoms with Gasteiger partial charge in [0.2, 0.25) is 0 Å². The van der Waals surface area contributed by atoms with Crippen molar-refractivity contribution in [2.45, 2.75) is 67.4 Å². The van der Waals surface area contributed by atoms with E-state index in [9.17, 15) is 9.59 Å². The minimum atomic E-state index is -0.469. The van der Waals surface area contributed by atoms with E-state index in [1.807, 2.05) is 33.8 Å². The summed E-state index contributed by atoms with van der Waals surface area (Å²) in [5.74, 6) is -0.118. The van der Waals surface area contributed by atoms with E-state index in [0.717, 1.165) is 12.0 Å². The Balaban J connectivity index is 3.28. The van der Waals surface area contributed by atoms with Gasteiger partial charge in [0.1, 0.15) is 6.10 Å². The van der Waals surface area contributed by atoms with Gasteiger partial charge in [-0.2, -0.15) is 0 Å². The van der Waals surface area contributed by atoms with Crippen molar-refractivity contribution in [1.82, 2.24) is 0 Å². The second-order valence-electron chi connectivity index (χ2n) is 7.89. The molecule has 1 aliphatic rings. The van der Waals surface area contributed by atoms with Crippen molar-refractivity contribution in [2.24, 2.45) is 23.2 Å². The molecule has 1 rings (SSSR count). The van der Waals surface area contributed by atoms with Gasteiger partial charge in [0.15, 0.2) is 5.78 Å². The zero-order valence-electron chi connectivity index (χ0n) is 16.7. The van der Waals surface area contributed by atoms with Crippen LogP contribution in [0.3, 0.4) is 0 Å². The number of carbonyl (C=O) groups excluding carboxylic acids is 2. The first-order valence-corrected chi connectivity index (χ1v) is 9.20. The molecule has 0 spiro atoms. The quantitative estimate of drug-likeness (QED) is 0.495. The summed E-state index contributed by atoms with van der Waals surface area (Å²) >= 11 is 0. The van der Waals surface area contributed by atoms with E-state index in [0.29, 0.717) is 12.3 Å². The van der Waals surface area contributed by atoms with Gasteiger partial charge in [-0.15, -0.1) is 0 Å². The predicted octanol–water partition coefficient (Wildman–Crippen LogP) is 5.03. The molecule has 0 N–H and O–H groups in total. The summed E-state index contributed by atoms with van der Waals surface area (Å²) in [6.45, 7) is 13.8. The predicted molar refractivity (Wildman–Crippen MR) is 101 cm³/mol. The molecule has 0 fully saturated rings. The molecular weight excluding hydrogens is 312 g/mol. The zero-order valence-corrected chi connectivity index (χ0v) is 16.7. The molecular formula is C22H32O3. The lowest BCUT2D eigenvalue weighted by Crippen LogP contribution is -2.27. The standard InChI is InChI=1S/C22H32O3/c1-8-19-16(3)11-9-10-15(2)18(5)14-22(6,7)20(23)13-12-17(4)21(24)25-19/h10,12-13,15,17-19H,8,14H2,1-7H3/b13-12+,16-10?. The van der Waals surface area contributed by atoms with Gasteiger partial charge in [0, 0.05) is 11.0 Å². The number of allylic oxidation sites excluding steroid dienone is 2. The molecule has 1 heterocycles. The first-order valence-electron chi connectivity index (χ1n) is 9.20. The Morgan fingerprint density at radius 3 is 2.48 bits per heavy atom. The van der Waals surface area contributed by atoms with Crippen molar-refractivity contribution in [3.05, 3.63) is 35.3 Å². The molecule has 3 nitrogen and oxygen atoms in total. The molecule has 0 aromatic heterocycles. The van der Waals surface area contributed by atoms with Crippen molar-refractivity contribution >= 4 is 11.8 Å². The van der Waals surface area contributed by atoms with Gasteiger partial charge in [-0.3, -0.25) is 9.59 Å². The van der Waals surface area contributed by atoms with E-state index in [-0.39, 0.29) is 23.8 Å². The molecule has 0 amide bonds. The van der Waals surface area contributed by atoms with E-state index in [2.05, 4.69) is 25.3 Å². The largest absolute Gasteiger partial charge is 0.457 e. The van der Waals surface area contributed by atoms with Crippen molar-refractivity contribution < 1.29 is 14.3 Å². The summed E-state index contributed by atoms with van der Waals surface area (Å²) in [4.78, 5) is 24.9. The van der Waals surface area contributed by atoms with Crippen molar-refractivity contribution in [2.75, 3.05) is 0 Å². The Morgan fingerprint density at radius 2 is 1.88 bits per heavy atom. The maximum Gasteiger partial charge on any atom is 0.313 e. The number of esters is 1. The van der Waals surface area contributed by atoms with Crippen LogP contribution >= 0.6 is 0 Å². The smallest absolute Gasteiger partial charge is 0.313 e. The topological polar surface area (TPSA) is 43.4 Å². The molecule has 25 heavy (non-hydrogen) atoms. The number of hydrogen-bond acceptors (Lipinski definition) is 3. The van der Waals surface area contributed by atoms with Crippen molar-refractivity contribution in [3.63, 3.8) is 0 Å². The van der Waals surface area contributed by atoms with Gasteiger partial charge >= 0.3 is 5.97 Å². The third-order valence-corrected chi connectivity index (χ3v) is 5.03. The van der Waals surface area contributed by atoms with Crippen molar-refractivity contribution in [3.8, 4) is 0 Å². The minimum absolute atomic E-state index is 0.0435. The summed E-state index contributed by atoms with van der Waals surface area (Å²) in [5.41, 5.74) is 6.61. The minimum Gasteiger partial charge on any atom is -0.457 e. The van der Waals surface area contributed by atoms with Gasteiger partial charge in [-0.1, -0.05) is 52.2 Å². The lowest BCUT2D eigenvalue weighted by Gasteiger charge is -2.27. The molecule has 3 heteroatoms. The number of ether oxygens (including phenoxy) is 1. The van der Waals surface area contributed by atoms with Crippen LogP contribution in [0.5, 0.6) is 0 Å². The maximum absolute atomic E-state index is 12.6. The SMILES string of the molecule is CCC1OC(=O)C(C)/C=C/C(=O)C(C)(C)CC(C)C(C)C=C=C=C1C. The first-order chi connectivity index (χ1) is 11.6. The normalized spacial score (nSPS) is 32.4. The highest BCUT2D eigenvalue weighted by molar-refractivity contribution is 5.94. The first kappa shape index (κ1) is 21.2. The van der Waals surface area contributed by atoms with E-state index in [1.165, 1.54) is 0 Å². The number of rotatable bonds is 1. The monoisotopic (exact) mass is 344 g/mol. The van der Waals surface area contributed by atoms with Crippen LogP contribution in [0.4, 0.5) is 0 Å². The molecule has 1 aliphatic heterocycles. The van der Waals surface area contributed by atoms with Crippen LogP contribution in [0, 0.1) is 23.2 Å². The second-order valence-corrected chi connectivity index (χ2v) is 7.89. The number of cyclic esters (lactones) is 1. The third kappa shape index (κ3) is 6.20. The molecule has 0 saturated heterocycles. The number of ketones is 1. The molecule has 0 saturated carbocycles. The van der Waals surface area contributed by atoms with Gasteiger partial charge < -0.3 is 4.74 Å². The highest BCUT2D eigenvalue weighted by Crippen LogP contribution is 2.31. The summed E-state index contributed by atoms with van der Waals surface area (Å²) in [6, 6.07) is 0. The third-order valence-electron chi connectivity index (χ3n) is 5.03. The van der Waals surface area contributed by atoms with Crippen LogP contribution < -0.4 is 0 Å². The highest BCUT2D eigenvalue weighted by atomic mass is 16.5. The highest BCUT2D eigenvalue weighted by Gasteiger charge is 2.29. The Kier molecular flexibility index (Phi) is 7.67. The Bertz CT molecular complexity index is 626. The van der Waals surface area contributed by atoms with Gasteiger partial charge in [-0.25, -0.2) is 0 Å². The molecule has 0 aromatic carbocycles. The van der Waals surface area contributed by atoms with Crippen LogP contribution in [0.1, 0.15) is 61.3 Å². The molecule has 0 radical (unpaired) electrons. The summed E-state index contributed by atoms with van der Waals surface area (Å²) in [5, 5.41) is 0. The Morgan fingerprint density at radius 1 is 1.24 bits per heavy atom. The van der Waals surface area contributed by atoms with E-state index < -0.39 is 11.3 Å². The fourth-order valence-electron chi connectivity index (χ4n) is 2.88. The molecule has 138 valence electrons. The van der Waals surface area contributed by atoms with Gasteiger partial charge in [0.25, 0.3) is 0 Å². The fourth-order valence-corrected chi connectivity index (χ4v) is 2.88. The maximum atomic E-state index is 12.6. The average molecular weight is 344 g/mol.